The number of aromatic nitrogens is 1. The van der Waals surface area contributed by atoms with Crippen LogP contribution >= 0.6 is 27.3 Å². The molecule has 0 N–H and O–H groups in total. The molecule has 1 aliphatic carbocycles. The molecule has 3 nitrogen and oxygen atoms in total. The zero-order chi connectivity index (χ0) is 10.1. The predicted octanol–water partition coefficient (Wildman–Crippen LogP) is 2.18. The van der Waals surface area contributed by atoms with Gasteiger partial charge in [0, 0.05) is 16.1 Å². The number of thiazole rings is 1. The van der Waals surface area contributed by atoms with E-state index in [4.69, 9.17) is 4.74 Å². The fraction of sp³-hybridized carbons (Fsp3) is 0.556. The number of alkyl halides is 1. The van der Waals surface area contributed by atoms with Crippen LogP contribution in [0.4, 0.5) is 0 Å². The van der Waals surface area contributed by atoms with Gasteiger partial charge in [-0.05, 0) is 6.92 Å². The second kappa shape index (κ2) is 3.98. The molecule has 1 saturated carbocycles. The zero-order valence-corrected chi connectivity index (χ0v) is 10.0. The SMILES string of the molecule is CCOC(=O)C1C(Br)C1c1cscn1. The normalized spacial score (nSPS) is 30.0. The summed E-state index contributed by atoms with van der Waals surface area (Å²) in [4.78, 5) is 15.8. The van der Waals surface area contributed by atoms with E-state index in [-0.39, 0.29) is 22.6 Å². The van der Waals surface area contributed by atoms with Crippen molar-refractivity contribution in [2.45, 2.75) is 17.7 Å². The Bertz CT molecular complexity index is 328. The summed E-state index contributed by atoms with van der Waals surface area (Å²) in [6, 6.07) is 0. The Kier molecular flexibility index (Phi) is 2.88. The van der Waals surface area contributed by atoms with E-state index in [1.165, 1.54) is 0 Å². The summed E-state index contributed by atoms with van der Waals surface area (Å²) in [5, 5.41) is 1.98. The summed E-state index contributed by atoms with van der Waals surface area (Å²) < 4.78 is 4.97. The molecule has 5 heteroatoms. The van der Waals surface area contributed by atoms with Crippen LogP contribution in [-0.4, -0.2) is 22.4 Å². The summed E-state index contributed by atoms with van der Waals surface area (Å²) in [5.74, 6) is 0.0460. The quantitative estimate of drug-likeness (QED) is 0.627. The van der Waals surface area contributed by atoms with Crippen molar-refractivity contribution in [3.05, 3.63) is 16.6 Å². The molecule has 0 bridgehead atoms. The highest BCUT2D eigenvalue weighted by Crippen LogP contribution is 2.53. The highest BCUT2D eigenvalue weighted by molar-refractivity contribution is 9.09. The lowest BCUT2D eigenvalue weighted by Gasteiger charge is -1.98. The Morgan fingerprint density at radius 3 is 3.14 bits per heavy atom. The molecule has 1 aromatic heterocycles. The molecule has 0 aliphatic heterocycles. The van der Waals surface area contributed by atoms with Crippen molar-refractivity contribution >= 4 is 33.2 Å². The molecular weight excluding hydrogens is 266 g/mol. The van der Waals surface area contributed by atoms with E-state index in [1.807, 2.05) is 12.3 Å². The van der Waals surface area contributed by atoms with Gasteiger partial charge < -0.3 is 4.74 Å². The van der Waals surface area contributed by atoms with E-state index < -0.39 is 0 Å². The van der Waals surface area contributed by atoms with Crippen LogP contribution in [0.15, 0.2) is 10.9 Å². The van der Waals surface area contributed by atoms with Crippen LogP contribution in [0.3, 0.4) is 0 Å². The van der Waals surface area contributed by atoms with Gasteiger partial charge in [-0.1, -0.05) is 15.9 Å². The van der Waals surface area contributed by atoms with Gasteiger partial charge in [0.1, 0.15) is 0 Å². The number of carbonyl (C=O) groups excluding carboxylic acids is 1. The van der Waals surface area contributed by atoms with E-state index >= 15 is 0 Å². The maximum atomic E-state index is 11.4. The number of halogens is 1. The molecule has 1 aliphatic rings. The van der Waals surface area contributed by atoms with E-state index in [0.29, 0.717) is 6.61 Å². The average molecular weight is 276 g/mol. The van der Waals surface area contributed by atoms with Gasteiger partial charge in [-0.2, -0.15) is 0 Å². The van der Waals surface area contributed by atoms with Gasteiger partial charge in [-0.3, -0.25) is 4.79 Å². The monoisotopic (exact) mass is 275 g/mol. The molecule has 0 saturated heterocycles. The topological polar surface area (TPSA) is 39.2 Å². The Hall–Kier alpha value is -0.420. The summed E-state index contributed by atoms with van der Waals surface area (Å²) in [7, 11) is 0. The molecule has 0 aromatic carbocycles. The van der Waals surface area contributed by atoms with Crippen molar-refractivity contribution in [2.75, 3.05) is 6.61 Å². The molecule has 1 heterocycles. The fourth-order valence-corrected chi connectivity index (χ4v) is 3.09. The lowest BCUT2D eigenvalue weighted by atomic mass is 10.2. The number of nitrogens with zero attached hydrogens (tertiary/aromatic N) is 1. The lowest BCUT2D eigenvalue weighted by molar-refractivity contribution is -0.144. The Balaban J connectivity index is 2.02. The third-order valence-electron chi connectivity index (χ3n) is 2.28. The van der Waals surface area contributed by atoms with Crippen molar-refractivity contribution in [2.24, 2.45) is 5.92 Å². The summed E-state index contributed by atoms with van der Waals surface area (Å²) in [5.41, 5.74) is 2.78. The van der Waals surface area contributed by atoms with E-state index in [2.05, 4.69) is 20.9 Å². The van der Waals surface area contributed by atoms with Crippen LogP contribution in [0.1, 0.15) is 18.5 Å². The van der Waals surface area contributed by atoms with E-state index in [0.717, 1.165) is 5.69 Å². The fourth-order valence-electron chi connectivity index (χ4n) is 1.52. The molecule has 3 atom stereocenters. The molecule has 1 aromatic rings. The Morgan fingerprint density at radius 1 is 1.79 bits per heavy atom. The zero-order valence-electron chi connectivity index (χ0n) is 7.64. The largest absolute Gasteiger partial charge is 0.466 e. The van der Waals surface area contributed by atoms with Gasteiger partial charge in [0.15, 0.2) is 0 Å². The predicted molar refractivity (Wildman–Crippen MR) is 57.7 cm³/mol. The highest BCUT2D eigenvalue weighted by atomic mass is 79.9. The minimum Gasteiger partial charge on any atom is -0.466 e. The number of carbonyl (C=O) groups is 1. The van der Waals surface area contributed by atoms with Crippen molar-refractivity contribution in [1.29, 1.82) is 0 Å². The number of hydrogen-bond donors (Lipinski definition) is 0. The molecule has 0 amide bonds. The minimum absolute atomic E-state index is 0.0444. The molecule has 14 heavy (non-hydrogen) atoms. The van der Waals surface area contributed by atoms with Crippen LogP contribution < -0.4 is 0 Å². The highest BCUT2D eigenvalue weighted by Gasteiger charge is 2.56. The van der Waals surface area contributed by atoms with Crippen LogP contribution in [0, 0.1) is 5.92 Å². The smallest absolute Gasteiger partial charge is 0.310 e. The molecule has 3 unspecified atom stereocenters. The van der Waals surface area contributed by atoms with Gasteiger partial charge >= 0.3 is 5.97 Å². The van der Waals surface area contributed by atoms with Gasteiger partial charge in [-0.15, -0.1) is 11.3 Å². The molecule has 0 radical (unpaired) electrons. The van der Waals surface area contributed by atoms with E-state index in [9.17, 15) is 4.79 Å². The first-order valence-electron chi connectivity index (χ1n) is 4.44. The molecule has 0 spiro atoms. The van der Waals surface area contributed by atoms with Crippen molar-refractivity contribution < 1.29 is 9.53 Å². The molecular formula is C9H10BrNO2S. The van der Waals surface area contributed by atoms with Crippen molar-refractivity contribution in [3.63, 3.8) is 0 Å². The standard InChI is InChI=1S/C9H10BrNO2S/c1-2-13-9(12)7-6(8(7)10)5-3-14-4-11-5/h3-4,6-8H,2H2,1H3. The van der Waals surface area contributed by atoms with Crippen LogP contribution in [-0.2, 0) is 9.53 Å². The third-order valence-corrected chi connectivity index (χ3v) is 4.03. The number of ether oxygens (including phenoxy) is 1. The first-order valence-corrected chi connectivity index (χ1v) is 6.30. The van der Waals surface area contributed by atoms with Gasteiger partial charge in [0.05, 0.1) is 23.7 Å². The molecule has 2 rings (SSSR count). The van der Waals surface area contributed by atoms with Crippen LogP contribution in [0.2, 0.25) is 0 Å². The number of hydrogen-bond acceptors (Lipinski definition) is 4. The summed E-state index contributed by atoms with van der Waals surface area (Å²) >= 11 is 5.02. The second-order valence-electron chi connectivity index (χ2n) is 3.16. The molecule has 1 fully saturated rings. The van der Waals surface area contributed by atoms with Crippen molar-refractivity contribution in [3.8, 4) is 0 Å². The average Bonchev–Trinajstić information content (AvgIpc) is 2.65. The molecule has 76 valence electrons. The van der Waals surface area contributed by atoms with Gasteiger partial charge in [0.25, 0.3) is 0 Å². The number of rotatable bonds is 3. The van der Waals surface area contributed by atoms with E-state index in [1.54, 1.807) is 16.8 Å². The second-order valence-corrected chi connectivity index (χ2v) is 4.94. The first kappa shape index (κ1) is 10.1. The number of esters is 1. The minimum atomic E-state index is -0.118. The maximum absolute atomic E-state index is 11.4. The Labute approximate surface area is 94.6 Å². The first-order chi connectivity index (χ1) is 6.75. The van der Waals surface area contributed by atoms with Crippen LogP contribution in [0.5, 0.6) is 0 Å². The van der Waals surface area contributed by atoms with Gasteiger partial charge in [-0.25, -0.2) is 4.98 Å². The van der Waals surface area contributed by atoms with Crippen LogP contribution in [0.25, 0.3) is 0 Å². The lowest BCUT2D eigenvalue weighted by Crippen LogP contribution is -2.08. The van der Waals surface area contributed by atoms with Gasteiger partial charge in [0.2, 0.25) is 0 Å². The third kappa shape index (κ3) is 1.70. The summed E-state index contributed by atoms with van der Waals surface area (Å²) in [6.07, 6.45) is 0. The maximum Gasteiger partial charge on any atom is 0.310 e. The van der Waals surface area contributed by atoms with Crippen molar-refractivity contribution in [1.82, 2.24) is 4.98 Å². The summed E-state index contributed by atoms with van der Waals surface area (Å²) in [6.45, 7) is 2.26. The Morgan fingerprint density at radius 2 is 2.57 bits per heavy atom.